The SMILES string of the molecule is CCN[C@H](CC(=O)N1CCC(c2nc(N)c3cc(OC)c(OC)c(F)c3n2)CC1)c1ccc(F)cc1.CCN[C@H](C[C-]=O)c1ccc(F)cc1.COc1cc2c(N)nc(C3=CCN(C(=O)OC(C)(C)C)CC3)nc2c(F)c1OC.COc1cc2c(N)nc(C3CCN(C(=O)OC(C)(C)C)CC3)nc2c(F)c1OC.COc1cc2c(N)nc(C3CCNCC3)nc2c(F)c1OC.[Li+].[OH-]. The monoisotopic (exact) mass is 1830 g/mol. The van der Waals surface area contributed by atoms with Crippen LogP contribution >= 0.6 is 0 Å². The first kappa shape index (κ1) is 105. The fraction of sp³-hybridized carbons (Fsp3) is 0.457. The van der Waals surface area contributed by atoms with E-state index in [2.05, 4.69) is 55.8 Å². The van der Waals surface area contributed by atoms with Crippen LogP contribution in [0.2, 0.25) is 0 Å². The van der Waals surface area contributed by atoms with E-state index in [1.54, 1.807) is 58.3 Å². The van der Waals surface area contributed by atoms with Crippen LogP contribution in [0, 0.1) is 34.9 Å². The number of piperidine rings is 3. The first-order valence-electron chi connectivity index (χ1n) is 42.5. The molecule has 132 heavy (non-hydrogen) atoms. The maximum atomic E-state index is 15.1. The fourth-order valence-corrected chi connectivity index (χ4v) is 15.3. The molecule has 14 rings (SSSR count). The fourth-order valence-electron chi connectivity index (χ4n) is 15.3. The molecular formula is C92H116F6LiN18O15-. The molecular weight excluding hydrogens is 1720 g/mol. The van der Waals surface area contributed by atoms with E-state index >= 15 is 4.39 Å². The predicted octanol–water partition coefficient (Wildman–Crippen LogP) is 11.5. The average molecular weight is 1830 g/mol. The van der Waals surface area contributed by atoms with Crippen molar-refractivity contribution in [1.82, 2.24) is 70.5 Å². The Morgan fingerprint density at radius 2 is 0.795 bits per heavy atom. The normalized spacial score (nSPS) is 14.7. The summed E-state index contributed by atoms with van der Waals surface area (Å²) in [6, 6.07) is 18.4. The zero-order valence-corrected chi connectivity index (χ0v) is 77.5. The first-order valence-corrected chi connectivity index (χ1v) is 42.5. The number of hydrogen-bond donors (Lipinski definition) is 7. The molecule has 12 N–H and O–H groups in total. The number of rotatable bonds is 22. The van der Waals surface area contributed by atoms with Gasteiger partial charge in [-0.25, -0.2) is 75.8 Å². The summed E-state index contributed by atoms with van der Waals surface area (Å²) < 4.78 is 138. The van der Waals surface area contributed by atoms with Gasteiger partial charge in [0.2, 0.25) is 5.91 Å². The van der Waals surface area contributed by atoms with Crippen molar-refractivity contribution >= 4 is 96.8 Å². The molecule has 708 valence electrons. The summed E-state index contributed by atoms with van der Waals surface area (Å²) in [7, 11) is 11.2. The summed E-state index contributed by atoms with van der Waals surface area (Å²) in [6.45, 7) is 21.0. The number of nitrogens with two attached hydrogens (primary N) is 4. The largest absolute Gasteiger partial charge is 1.00 e. The number of nitrogen functional groups attached to an aromatic ring is 4. The van der Waals surface area contributed by atoms with Gasteiger partial charge in [0.25, 0.3) is 0 Å². The molecule has 0 unspecified atom stereocenters. The van der Waals surface area contributed by atoms with Crippen molar-refractivity contribution in [3.05, 3.63) is 148 Å². The van der Waals surface area contributed by atoms with Crippen molar-refractivity contribution in [3.8, 4) is 46.0 Å². The van der Waals surface area contributed by atoms with Crippen molar-refractivity contribution < 1.29 is 117 Å². The average Bonchev–Trinajstić information content (AvgIpc) is 0.780. The summed E-state index contributed by atoms with van der Waals surface area (Å²) in [4.78, 5) is 88.1. The number of benzene rings is 6. The Balaban J connectivity index is 0.000000208. The summed E-state index contributed by atoms with van der Waals surface area (Å²) in [5, 5.41) is 11.2. The maximum absolute atomic E-state index is 15.1. The van der Waals surface area contributed by atoms with Gasteiger partial charge in [-0.1, -0.05) is 44.2 Å². The van der Waals surface area contributed by atoms with Crippen LogP contribution in [0.5, 0.6) is 46.0 Å². The molecule has 2 atom stereocenters. The van der Waals surface area contributed by atoms with Gasteiger partial charge < -0.3 is 111 Å². The quantitative estimate of drug-likeness (QED) is 0.0188. The predicted molar refractivity (Wildman–Crippen MR) is 484 cm³/mol. The Hall–Kier alpha value is -12.3. The molecule has 33 nitrogen and oxygen atoms in total. The molecule has 0 bridgehead atoms. The van der Waals surface area contributed by atoms with Crippen LogP contribution in [-0.2, 0) is 19.1 Å². The van der Waals surface area contributed by atoms with Crippen LogP contribution in [-0.4, -0.2) is 218 Å². The van der Waals surface area contributed by atoms with Crippen molar-refractivity contribution in [1.29, 1.82) is 0 Å². The van der Waals surface area contributed by atoms with Crippen LogP contribution in [0.1, 0.15) is 177 Å². The van der Waals surface area contributed by atoms with Gasteiger partial charge in [0, 0.05) is 97.1 Å². The van der Waals surface area contributed by atoms with Crippen LogP contribution in [0.4, 0.5) is 59.2 Å². The van der Waals surface area contributed by atoms with Gasteiger partial charge in [0.05, 0.1) is 56.9 Å². The third kappa shape index (κ3) is 25.9. The Labute approximate surface area is 774 Å². The Bertz CT molecular complexity index is 5670. The molecule has 10 aromatic rings. The van der Waals surface area contributed by atoms with Crippen molar-refractivity contribution in [2.75, 3.05) is 145 Å². The number of carbonyl (C=O) groups is 3. The summed E-state index contributed by atoms with van der Waals surface area (Å²) >= 11 is 0. The molecule has 3 saturated heterocycles. The van der Waals surface area contributed by atoms with E-state index < -0.39 is 34.5 Å². The number of anilines is 4. The second-order valence-electron chi connectivity index (χ2n) is 32.8. The maximum Gasteiger partial charge on any atom is 1.00 e. The molecule has 6 aromatic carbocycles. The number of amides is 3. The zero-order chi connectivity index (χ0) is 94.6. The van der Waals surface area contributed by atoms with E-state index in [-0.39, 0.29) is 182 Å². The molecule has 4 aliphatic rings. The van der Waals surface area contributed by atoms with Crippen molar-refractivity contribution in [2.24, 2.45) is 0 Å². The number of ether oxygens (including phenoxy) is 10. The van der Waals surface area contributed by atoms with E-state index in [4.69, 9.17) is 70.3 Å². The third-order valence-corrected chi connectivity index (χ3v) is 22.0. The Kier molecular flexibility index (Phi) is 38.0. The van der Waals surface area contributed by atoms with E-state index in [1.165, 1.54) is 81.1 Å². The van der Waals surface area contributed by atoms with Gasteiger partial charge in [-0.15, -0.1) is 6.42 Å². The Morgan fingerprint density at radius 1 is 0.462 bits per heavy atom. The molecule has 0 aliphatic carbocycles. The van der Waals surface area contributed by atoms with Crippen molar-refractivity contribution in [3.63, 3.8) is 0 Å². The summed E-state index contributed by atoms with van der Waals surface area (Å²) in [6.07, 6.45) is 8.41. The van der Waals surface area contributed by atoms with Gasteiger partial charge in [0.1, 0.15) is 85.6 Å². The van der Waals surface area contributed by atoms with Gasteiger partial charge in [0.15, 0.2) is 75.1 Å². The van der Waals surface area contributed by atoms with E-state index in [0.29, 0.717) is 129 Å². The minimum atomic E-state index is -0.663. The molecule has 4 aliphatic heterocycles. The summed E-state index contributed by atoms with van der Waals surface area (Å²) in [5.41, 5.74) is 26.2. The molecule has 0 saturated carbocycles. The van der Waals surface area contributed by atoms with Gasteiger partial charge in [-0.2, -0.15) is 0 Å². The van der Waals surface area contributed by atoms with E-state index in [1.807, 2.05) is 72.7 Å². The number of nitrogens with zero attached hydrogens (tertiary/aromatic N) is 11. The second kappa shape index (κ2) is 47.7. The van der Waals surface area contributed by atoms with Crippen LogP contribution in [0.15, 0.2) is 78.9 Å². The van der Waals surface area contributed by atoms with E-state index in [0.717, 1.165) is 49.2 Å². The van der Waals surface area contributed by atoms with Crippen LogP contribution in [0.3, 0.4) is 0 Å². The smallest absolute Gasteiger partial charge is 0.870 e. The molecule has 3 fully saturated rings. The number of carbonyl (C=O) groups excluding carboxylic acids is 4. The first-order chi connectivity index (χ1) is 62.1. The zero-order valence-electron chi connectivity index (χ0n) is 77.5. The minimum absolute atomic E-state index is 0. The standard InChI is InChI=1S/C26H31F2N5O3.C20H27FN4O4.C20H25FN4O4.C15H19FN4O2.C11H13FNO.Li.H2O/c1-4-30-19(15-5-7-17(27)8-6-15)14-21(34)33-11-9-16(10-12-33)26-31-23-18(25(29)32-26)13-20(35-2)24(36-3)22(23)28;2*1-20(2,3)29-19(26)25-8-6-11(7-9-25)18-23-15-12(17(22)24-18)10-13(27-4)16(28-5)14(15)21;1-21-10-7-9-12(11(16)13(10)22-2)19-15(20-14(9)17)8-3-5-18-6-4-8;1-2-13-11(7-8-14)9-3-5-10(12)6-4-9;;/h5-8,13,16,19,30H,4,9-12,14H2,1-3H3,(H2,29,31,32);10-11H,6-9H2,1-5H3,(H2,22,23,24);6,10H,7-9H2,1-5H3,(H2,22,23,24);7-8,18H,3-6H2,1-2H3,(H2,17,19,20);3-6,11,13H,2,7H2,1H3;;1H2/q;;;;-1;+1;/p-1/t19-;;;;11-;;/m1...1../s1. The van der Waals surface area contributed by atoms with Gasteiger partial charge in [-0.3, -0.25) is 11.1 Å². The minimum Gasteiger partial charge on any atom is -0.870 e. The molecule has 40 heteroatoms. The number of nitrogens with one attached hydrogen (secondary N) is 3. The second-order valence-corrected chi connectivity index (χ2v) is 32.8. The summed E-state index contributed by atoms with van der Waals surface area (Å²) in [5.74, 6) is 0.476. The van der Waals surface area contributed by atoms with Crippen LogP contribution < -0.4 is 95.6 Å². The molecule has 0 spiro atoms. The van der Waals surface area contributed by atoms with Crippen LogP contribution in [0.25, 0.3) is 49.2 Å². The molecule has 0 radical (unpaired) electrons. The number of fused-ring (bicyclic) bond motifs is 4. The Morgan fingerprint density at radius 3 is 1.13 bits per heavy atom. The number of methoxy groups -OCH3 is 8. The third-order valence-electron chi connectivity index (χ3n) is 22.0. The molecule has 8 heterocycles. The van der Waals surface area contributed by atoms with Crippen molar-refractivity contribution in [2.45, 2.75) is 154 Å². The number of halogens is 6. The van der Waals surface area contributed by atoms with E-state index in [9.17, 15) is 41.1 Å². The number of aromatic nitrogens is 8. The number of hydrogen-bond acceptors (Lipinski definition) is 30. The number of likely N-dealkylation sites (tertiary alicyclic amines) is 2. The van der Waals surface area contributed by atoms with Gasteiger partial charge in [-0.05, 0) is 178 Å². The molecule has 4 aromatic heterocycles. The molecule has 3 amide bonds. The topological polar surface area (TPSA) is 444 Å². The van der Waals surface area contributed by atoms with Gasteiger partial charge >= 0.3 is 31.0 Å².